The van der Waals surface area contributed by atoms with Gasteiger partial charge in [0.15, 0.2) is 5.78 Å². The summed E-state index contributed by atoms with van der Waals surface area (Å²) >= 11 is 0. The van der Waals surface area contributed by atoms with Gasteiger partial charge in [0.2, 0.25) is 0 Å². The van der Waals surface area contributed by atoms with Crippen molar-refractivity contribution in [2.45, 2.75) is 44.6 Å². The second-order valence-corrected chi connectivity index (χ2v) is 6.76. The molecule has 25 heavy (non-hydrogen) atoms. The number of imidazole rings is 1. The highest BCUT2D eigenvalue weighted by molar-refractivity contribution is 6.00. The molecule has 130 valence electrons. The molecule has 0 radical (unpaired) electrons. The van der Waals surface area contributed by atoms with Crippen LogP contribution >= 0.6 is 0 Å². The quantitative estimate of drug-likeness (QED) is 0.876. The van der Waals surface area contributed by atoms with Gasteiger partial charge in [0, 0.05) is 36.6 Å². The summed E-state index contributed by atoms with van der Waals surface area (Å²) in [6.07, 6.45) is 8.93. The number of aromatic amines is 1. The summed E-state index contributed by atoms with van der Waals surface area (Å²) in [4.78, 5) is 34.2. The van der Waals surface area contributed by atoms with Gasteiger partial charge in [0.25, 0.3) is 0 Å². The molecule has 2 aromatic rings. The molecule has 1 aromatic heterocycles. The lowest BCUT2D eigenvalue weighted by molar-refractivity contribution is 0.0972. The van der Waals surface area contributed by atoms with Crippen molar-refractivity contribution < 1.29 is 9.59 Å². The number of H-pyrrole nitrogens is 1. The van der Waals surface area contributed by atoms with Crippen LogP contribution in [0.1, 0.15) is 59.9 Å². The summed E-state index contributed by atoms with van der Waals surface area (Å²) in [6, 6.07) is 5.51. The predicted molar refractivity (Wildman–Crippen MR) is 94.6 cm³/mol. The van der Waals surface area contributed by atoms with Crippen LogP contribution < -0.4 is 5.32 Å². The number of nitrogens with one attached hydrogen (secondary N) is 2. The van der Waals surface area contributed by atoms with Gasteiger partial charge in [-0.1, -0.05) is 6.07 Å². The smallest absolute Gasteiger partial charge is 0.322 e. The summed E-state index contributed by atoms with van der Waals surface area (Å²) in [5.41, 5.74) is 2.52. The lowest BCUT2D eigenvalue weighted by atomic mass is 9.90. The Hall–Kier alpha value is -2.63. The number of rotatable bonds is 2. The van der Waals surface area contributed by atoms with Gasteiger partial charge >= 0.3 is 6.03 Å². The van der Waals surface area contributed by atoms with E-state index in [1.807, 2.05) is 23.1 Å². The number of hydrogen-bond acceptors (Lipinski definition) is 3. The van der Waals surface area contributed by atoms with Crippen LogP contribution in [0.3, 0.4) is 0 Å². The minimum absolute atomic E-state index is 0.0250. The Morgan fingerprint density at radius 3 is 3.00 bits per heavy atom. The molecule has 2 N–H and O–H groups in total. The maximum Gasteiger partial charge on any atom is 0.322 e. The average Bonchev–Trinajstić information content (AvgIpc) is 3.17. The summed E-state index contributed by atoms with van der Waals surface area (Å²) in [6.45, 7) is 0.709. The van der Waals surface area contributed by atoms with Crippen LogP contribution in [0, 0.1) is 0 Å². The Labute approximate surface area is 146 Å². The van der Waals surface area contributed by atoms with Gasteiger partial charge in [-0.15, -0.1) is 0 Å². The third kappa shape index (κ3) is 3.16. The number of nitrogens with zero attached hydrogens (tertiary/aromatic N) is 2. The molecule has 1 saturated heterocycles. The van der Waals surface area contributed by atoms with Crippen LogP contribution in [0.2, 0.25) is 0 Å². The molecule has 2 aliphatic rings. The van der Waals surface area contributed by atoms with Crippen molar-refractivity contribution in [2.24, 2.45) is 0 Å². The highest BCUT2D eigenvalue weighted by Gasteiger charge is 2.30. The number of urea groups is 1. The molecule has 6 heteroatoms. The van der Waals surface area contributed by atoms with Crippen LogP contribution in [0.5, 0.6) is 0 Å². The van der Waals surface area contributed by atoms with E-state index < -0.39 is 0 Å². The summed E-state index contributed by atoms with van der Waals surface area (Å²) < 4.78 is 0. The molecule has 2 heterocycles. The second kappa shape index (κ2) is 6.70. The molecule has 0 unspecified atom stereocenters. The van der Waals surface area contributed by atoms with E-state index in [1.54, 1.807) is 12.4 Å². The lowest BCUT2D eigenvalue weighted by Gasteiger charge is -2.34. The van der Waals surface area contributed by atoms with E-state index in [4.69, 9.17) is 0 Å². The van der Waals surface area contributed by atoms with Crippen LogP contribution in [0.25, 0.3) is 0 Å². The van der Waals surface area contributed by atoms with Crippen LogP contribution in [-0.2, 0) is 6.42 Å². The number of aromatic nitrogens is 2. The van der Waals surface area contributed by atoms with Crippen molar-refractivity contribution in [1.29, 1.82) is 0 Å². The zero-order valence-corrected chi connectivity index (χ0v) is 14.1. The number of hydrogen-bond donors (Lipinski definition) is 2. The van der Waals surface area contributed by atoms with Gasteiger partial charge in [0.1, 0.15) is 5.82 Å². The van der Waals surface area contributed by atoms with Crippen molar-refractivity contribution >= 4 is 17.5 Å². The minimum Gasteiger partial charge on any atom is -0.347 e. The largest absolute Gasteiger partial charge is 0.347 e. The first-order valence-electron chi connectivity index (χ1n) is 8.95. The van der Waals surface area contributed by atoms with E-state index in [1.165, 1.54) is 0 Å². The molecule has 0 spiro atoms. The molecule has 0 saturated carbocycles. The molecular weight excluding hydrogens is 316 g/mol. The summed E-state index contributed by atoms with van der Waals surface area (Å²) in [5.74, 6) is 0.999. The minimum atomic E-state index is -0.135. The van der Waals surface area contributed by atoms with Crippen LogP contribution in [-0.4, -0.2) is 33.2 Å². The highest BCUT2D eigenvalue weighted by atomic mass is 16.2. The molecule has 2 amide bonds. The number of carbonyl (C=O) groups is 2. The van der Waals surface area contributed by atoms with Gasteiger partial charge in [-0.25, -0.2) is 9.78 Å². The zero-order chi connectivity index (χ0) is 17.2. The molecular formula is C19H22N4O2. The fourth-order valence-electron chi connectivity index (χ4n) is 3.82. The van der Waals surface area contributed by atoms with E-state index in [-0.39, 0.29) is 17.9 Å². The number of ketones is 1. The summed E-state index contributed by atoms with van der Waals surface area (Å²) in [7, 11) is 0. The first-order chi connectivity index (χ1) is 12.2. The zero-order valence-electron chi connectivity index (χ0n) is 14.1. The van der Waals surface area contributed by atoms with E-state index in [0.717, 1.165) is 49.1 Å². The fourth-order valence-corrected chi connectivity index (χ4v) is 3.82. The SMILES string of the molecule is O=C1CCCc2ccc(NC(=O)N3CCCC[C@H]3c3ncc[nH]3)cc21. The Morgan fingerprint density at radius 2 is 2.16 bits per heavy atom. The highest BCUT2D eigenvalue weighted by Crippen LogP contribution is 2.30. The molecule has 1 aliphatic carbocycles. The predicted octanol–water partition coefficient (Wildman–Crippen LogP) is 3.69. The molecule has 1 fully saturated rings. The maximum atomic E-state index is 12.8. The number of aryl methyl sites for hydroxylation is 1. The topological polar surface area (TPSA) is 78.1 Å². The Kier molecular flexibility index (Phi) is 4.26. The number of benzene rings is 1. The monoisotopic (exact) mass is 338 g/mol. The van der Waals surface area contributed by atoms with Crippen molar-refractivity contribution in [3.8, 4) is 0 Å². The number of carbonyl (C=O) groups excluding carboxylic acids is 2. The third-order valence-corrected chi connectivity index (χ3v) is 5.11. The first kappa shape index (κ1) is 15.9. The van der Waals surface area contributed by atoms with Crippen molar-refractivity contribution in [1.82, 2.24) is 14.9 Å². The van der Waals surface area contributed by atoms with E-state index in [0.29, 0.717) is 18.7 Å². The molecule has 1 aromatic carbocycles. The Morgan fingerprint density at radius 1 is 1.24 bits per heavy atom. The maximum absolute atomic E-state index is 12.8. The molecule has 1 aliphatic heterocycles. The van der Waals surface area contributed by atoms with Gasteiger partial charge in [-0.2, -0.15) is 0 Å². The number of fused-ring (bicyclic) bond motifs is 1. The second-order valence-electron chi connectivity index (χ2n) is 6.76. The van der Waals surface area contributed by atoms with Crippen molar-refractivity contribution in [3.05, 3.63) is 47.5 Å². The van der Waals surface area contributed by atoms with E-state index >= 15 is 0 Å². The summed E-state index contributed by atoms with van der Waals surface area (Å²) in [5, 5.41) is 2.97. The number of piperidine rings is 1. The van der Waals surface area contributed by atoms with Crippen LogP contribution in [0.4, 0.5) is 10.5 Å². The molecule has 0 bridgehead atoms. The molecule has 4 rings (SSSR count). The standard InChI is InChI=1S/C19H22N4O2/c24-17-6-3-4-13-7-8-14(12-15(13)17)22-19(25)23-11-2-1-5-16(23)18-20-9-10-21-18/h7-10,12,16H,1-6,11H2,(H,20,21)(H,22,25)/t16-/m0/s1. The van der Waals surface area contributed by atoms with Gasteiger partial charge in [-0.3, -0.25) is 4.79 Å². The Balaban J connectivity index is 1.53. The average molecular weight is 338 g/mol. The van der Waals surface area contributed by atoms with E-state index in [2.05, 4.69) is 15.3 Å². The lowest BCUT2D eigenvalue weighted by Crippen LogP contribution is -2.41. The van der Waals surface area contributed by atoms with Gasteiger partial charge in [-0.05, 0) is 49.8 Å². The van der Waals surface area contributed by atoms with Gasteiger partial charge < -0.3 is 15.2 Å². The third-order valence-electron chi connectivity index (χ3n) is 5.11. The number of amides is 2. The van der Waals surface area contributed by atoms with E-state index in [9.17, 15) is 9.59 Å². The first-order valence-corrected chi connectivity index (χ1v) is 8.95. The number of Topliss-reactive ketones (excluding diaryl/α,β-unsaturated/α-hetero) is 1. The molecule has 1 atom stereocenters. The van der Waals surface area contributed by atoms with Crippen molar-refractivity contribution in [3.63, 3.8) is 0 Å². The normalized spacial score (nSPS) is 20.2. The number of anilines is 1. The fraction of sp³-hybridized carbons (Fsp3) is 0.421. The van der Waals surface area contributed by atoms with Gasteiger partial charge in [0.05, 0.1) is 6.04 Å². The Bertz CT molecular complexity index is 785. The number of likely N-dealkylation sites (tertiary alicyclic amines) is 1. The van der Waals surface area contributed by atoms with Crippen LogP contribution in [0.15, 0.2) is 30.6 Å². The van der Waals surface area contributed by atoms with Crippen molar-refractivity contribution in [2.75, 3.05) is 11.9 Å². The molecule has 6 nitrogen and oxygen atoms in total.